The monoisotopic (exact) mass is 225 g/mol. The molecule has 0 spiro atoms. The zero-order valence-corrected chi connectivity index (χ0v) is 9.24. The highest BCUT2D eigenvalue weighted by Crippen LogP contribution is 2.27. The Bertz CT molecular complexity index is 370. The van der Waals surface area contributed by atoms with Crippen molar-refractivity contribution in [3.8, 4) is 5.75 Å². The van der Waals surface area contributed by atoms with E-state index in [0.717, 1.165) is 24.9 Å². The lowest BCUT2D eigenvalue weighted by Gasteiger charge is -2.29. The molecule has 2 atom stereocenters. The highest BCUT2D eigenvalue weighted by molar-refractivity contribution is 5.32. The van der Waals surface area contributed by atoms with E-state index >= 15 is 0 Å². The van der Waals surface area contributed by atoms with Crippen LogP contribution in [0.1, 0.15) is 24.4 Å². The van der Waals surface area contributed by atoms with Crippen LogP contribution in [0.2, 0.25) is 0 Å². The Morgan fingerprint density at radius 3 is 3.00 bits per heavy atom. The molecule has 1 heterocycles. The first-order chi connectivity index (χ1) is 7.72. The number of hydrogen-bond donors (Lipinski definition) is 2. The maximum absolute atomic E-state index is 13.2. The third-order valence-corrected chi connectivity index (χ3v) is 2.96. The smallest absolute Gasteiger partial charge is 0.165 e. The molecule has 1 saturated heterocycles. The van der Waals surface area contributed by atoms with Gasteiger partial charge in [-0.2, -0.15) is 0 Å². The first kappa shape index (κ1) is 11.4. The van der Waals surface area contributed by atoms with Crippen molar-refractivity contribution in [2.45, 2.75) is 25.0 Å². The zero-order valence-electron chi connectivity index (χ0n) is 9.24. The van der Waals surface area contributed by atoms with Crippen molar-refractivity contribution in [3.63, 3.8) is 0 Å². The van der Waals surface area contributed by atoms with E-state index in [0.29, 0.717) is 0 Å². The predicted molar refractivity (Wildman–Crippen MR) is 58.9 cm³/mol. The van der Waals surface area contributed by atoms with E-state index in [1.807, 2.05) is 0 Å². The van der Waals surface area contributed by atoms with E-state index in [9.17, 15) is 9.50 Å². The molecule has 16 heavy (non-hydrogen) atoms. The molecule has 1 aromatic rings. The average molecular weight is 225 g/mol. The first-order valence-corrected chi connectivity index (χ1v) is 5.47. The van der Waals surface area contributed by atoms with Crippen molar-refractivity contribution in [1.29, 1.82) is 0 Å². The van der Waals surface area contributed by atoms with E-state index < -0.39 is 6.10 Å². The second-order valence-corrected chi connectivity index (χ2v) is 4.04. The van der Waals surface area contributed by atoms with Crippen LogP contribution in [0.5, 0.6) is 5.75 Å². The van der Waals surface area contributed by atoms with Crippen molar-refractivity contribution in [2.75, 3.05) is 13.7 Å². The number of hydrogen-bond acceptors (Lipinski definition) is 3. The number of aliphatic hydroxyl groups excluding tert-OH is 1. The minimum Gasteiger partial charge on any atom is -0.494 e. The van der Waals surface area contributed by atoms with Gasteiger partial charge in [-0.3, -0.25) is 0 Å². The Kier molecular flexibility index (Phi) is 3.41. The summed E-state index contributed by atoms with van der Waals surface area (Å²) in [6.45, 7) is 0.876. The molecule has 1 aromatic carbocycles. The summed E-state index contributed by atoms with van der Waals surface area (Å²) in [6, 6.07) is 4.58. The van der Waals surface area contributed by atoms with Crippen LogP contribution in [-0.2, 0) is 0 Å². The predicted octanol–water partition coefficient (Wildman–Crippen LogP) is 1.62. The minimum absolute atomic E-state index is 0.122. The standard InChI is InChI=1S/C12H16FNO2/c1-16-11-7-8(4-5-9(11)13)12-10(15)3-2-6-14-12/h4-5,7,10,12,14-15H,2-3,6H2,1H3. The van der Waals surface area contributed by atoms with Gasteiger partial charge in [0.1, 0.15) is 0 Å². The molecule has 2 unspecified atom stereocenters. The average Bonchev–Trinajstić information content (AvgIpc) is 2.31. The van der Waals surface area contributed by atoms with Gasteiger partial charge in [-0.15, -0.1) is 0 Å². The summed E-state index contributed by atoms with van der Waals surface area (Å²) in [5, 5.41) is 13.1. The Morgan fingerprint density at radius 1 is 1.50 bits per heavy atom. The molecular weight excluding hydrogens is 209 g/mol. The Morgan fingerprint density at radius 2 is 2.31 bits per heavy atom. The van der Waals surface area contributed by atoms with Crippen LogP contribution in [0, 0.1) is 5.82 Å². The van der Waals surface area contributed by atoms with Crippen molar-refractivity contribution in [1.82, 2.24) is 5.32 Å². The summed E-state index contributed by atoms with van der Waals surface area (Å²) in [7, 11) is 1.44. The molecule has 0 bridgehead atoms. The molecule has 0 amide bonds. The maximum Gasteiger partial charge on any atom is 0.165 e. The van der Waals surface area contributed by atoms with E-state index in [1.165, 1.54) is 13.2 Å². The van der Waals surface area contributed by atoms with Crippen LogP contribution in [0.3, 0.4) is 0 Å². The molecule has 0 aliphatic carbocycles. The van der Waals surface area contributed by atoms with Crippen molar-refractivity contribution in [3.05, 3.63) is 29.6 Å². The summed E-state index contributed by atoms with van der Waals surface area (Å²) in [5.41, 5.74) is 0.866. The Balaban J connectivity index is 2.25. The molecule has 3 nitrogen and oxygen atoms in total. The van der Waals surface area contributed by atoms with Gasteiger partial charge in [-0.05, 0) is 37.1 Å². The SMILES string of the molecule is COc1cc(C2NCCCC2O)ccc1F. The second kappa shape index (κ2) is 4.80. The first-order valence-electron chi connectivity index (χ1n) is 5.47. The van der Waals surface area contributed by atoms with Gasteiger partial charge in [-0.1, -0.05) is 6.07 Å². The molecular formula is C12H16FNO2. The lowest BCUT2D eigenvalue weighted by molar-refractivity contribution is 0.0964. The van der Waals surface area contributed by atoms with Gasteiger partial charge >= 0.3 is 0 Å². The molecule has 2 rings (SSSR count). The van der Waals surface area contributed by atoms with Crippen LogP contribution < -0.4 is 10.1 Å². The van der Waals surface area contributed by atoms with Gasteiger partial charge in [0.2, 0.25) is 0 Å². The fourth-order valence-electron chi connectivity index (χ4n) is 2.08. The number of benzene rings is 1. The quantitative estimate of drug-likeness (QED) is 0.803. The highest BCUT2D eigenvalue weighted by atomic mass is 19.1. The zero-order chi connectivity index (χ0) is 11.5. The van der Waals surface area contributed by atoms with Gasteiger partial charge < -0.3 is 15.2 Å². The van der Waals surface area contributed by atoms with E-state index in [4.69, 9.17) is 4.74 Å². The fourth-order valence-corrected chi connectivity index (χ4v) is 2.08. The largest absolute Gasteiger partial charge is 0.494 e. The topological polar surface area (TPSA) is 41.5 Å². The molecule has 4 heteroatoms. The maximum atomic E-state index is 13.2. The van der Waals surface area contributed by atoms with Gasteiger partial charge in [-0.25, -0.2) is 4.39 Å². The normalized spacial score (nSPS) is 25.4. The van der Waals surface area contributed by atoms with Crippen molar-refractivity contribution >= 4 is 0 Å². The number of ether oxygens (including phenoxy) is 1. The number of methoxy groups -OCH3 is 1. The summed E-state index contributed by atoms with van der Waals surface area (Å²) in [6.07, 6.45) is 1.33. The summed E-state index contributed by atoms with van der Waals surface area (Å²) >= 11 is 0. The fraction of sp³-hybridized carbons (Fsp3) is 0.500. The molecule has 0 aromatic heterocycles. The lowest BCUT2D eigenvalue weighted by Crippen LogP contribution is -2.37. The molecule has 2 N–H and O–H groups in total. The molecule has 88 valence electrons. The number of aliphatic hydroxyl groups is 1. The minimum atomic E-state index is -0.413. The Hall–Kier alpha value is -1.13. The number of halogens is 1. The Labute approximate surface area is 94.2 Å². The second-order valence-electron chi connectivity index (χ2n) is 4.04. The van der Waals surface area contributed by atoms with Crippen molar-refractivity contribution < 1.29 is 14.2 Å². The van der Waals surface area contributed by atoms with Crippen LogP contribution in [-0.4, -0.2) is 24.9 Å². The van der Waals surface area contributed by atoms with Gasteiger partial charge in [0.15, 0.2) is 11.6 Å². The van der Waals surface area contributed by atoms with E-state index in [1.54, 1.807) is 12.1 Å². The van der Waals surface area contributed by atoms with Gasteiger partial charge in [0, 0.05) is 0 Å². The highest BCUT2D eigenvalue weighted by Gasteiger charge is 2.24. The number of nitrogens with one attached hydrogen (secondary N) is 1. The number of piperidine rings is 1. The van der Waals surface area contributed by atoms with Crippen LogP contribution in [0.15, 0.2) is 18.2 Å². The summed E-state index contributed by atoms with van der Waals surface area (Å²) in [4.78, 5) is 0. The molecule has 1 fully saturated rings. The third-order valence-electron chi connectivity index (χ3n) is 2.96. The third kappa shape index (κ3) is 2.18. The van der Waals surface area contributed by atoms with Gasteiger partial charge in [0.05, 0.1) is 19.3 Å². The van der Waals surface area contributed by atoms with Crippen LogP contribution in [0.4, 0.5) is 4.39 Å². The molecule has 1 aliphatic rings. The summed E-state index contributed by atoms with van der Waals surface area (Å²) < 4.78 is 18.2. The number of rotatable bonds is 2. The van der Waals surface area contributed by atoms with E-state index in [2.05, 4.69) is 5.32 Å². The van der Waals surface area contributed by atoms with Crippen LogP contribution in [0.25, 0.3) is 0 Å². The van der Waals surface area contributed by atoms with Crippen LogP contribution >= 0.6 is 0 Å². The molecule has 0 radical (unpaired) electrons. The van der Waals surface area contributed by atoms with E-state index in [-0.39, 0.29) is 17.6 Å². The summed E-state index contributed by atoms with van der Waals surface area (Å²) in [5.74, 6) is -0.159. The van der Waals surface area contributed by atoms with Gasteiger partial charge in [0.25, 0.3) is 0 Å². The van der Waals surface area contributed by atoms with Crippen molar-refractivity contribution in [2.24, 2.45) is 0 Å². The lowest BCUT2D eigenvalue weighted by atomic mass is 9.94. The molecule has 0 saturated carbocycles. The molecule has 1 aliphatic heterocycles.